The molecule has 29 heavy (non-hydrogen) atoms. The minimum absolute atomic E-state index is 0.0536. The molecule has 1 fully saturated rings. The lowest BCUT2D eigenvalue weighted by Crippen LogP contribution is -2.57. The molecule has 3 heterocycles. The SMILES string of the molecule is C[C@@H]1CN(C(=O)c2ccccc2)CCN1C(=O)C(=O)C1CNc2c1ccnc2Br. The zero-order valence-electron chi connectivity index (χ0n) is 16.0. The normalized spacial score (nSPS) is 20.8. The van der Waals surface area contributed by atoms with E-state index in [2.05, 4.69) is 26.2 Å². The maximum Gasteiger partial charge on any atom is 0.291 e. The third-order valence-corrected chi connectivity index (χ3v) is 6.12. The molecule has 1 saturated heterocycles. The number of hydrogen-bond donors (Lipinski definition) is 1. The van der Waals surface area contributed by atoms with Gasteiger partial charge in [0.15, 0.2) is 0 Å². The Balaban J connectivity index is 1.44. The van der Waals surface area contributed by atoms with Gasteiger partial charge < -0.3 is 15.1 Å². The monoisotopic (exact) mass is 456 g/mol. The number of anilines is 1. The van der Waals surface area contributed by atoms with Crippen LogP contribution in [0.15, 0.2) is 47.2 Å². The number of pyridine rings is 1. The number of amides is 2. The van der Waals surface area contributed by atoms with Crippen molar-refractivity contribution in [2.45, 2.75) is 18.9 Å². The molecule has 2 aliphatic rings. The number of halogens is 1. The first-order chi connectivity index (χ1) is 14.0. The summed E-state index contributed by atoms with van der Waals surface area (Å²) < 4.78 is 0.638. The van der Waals surface area contributed by atoms with Crippen molar-refractivity contribution in [2.75, 3.05) is 31.5 Å². The average Bonchev–Trinajstić information content (AvgIpc) is 3.18. The first-order valence-electron chi connectivity index (χ1n) is 9.54. The summed E-state index contributed by atoms with van der Waals surface area (Å²) in [6.45, 7) is 3.41. The number of carbonyl (C=O) groups is 3. The van der Waals surface area contributed by atoms with Crippen LogP contribution in [-0.2, 0) is 9.59 Å². The molecule has 7 nitrogen and oxygen atoms in total. The number of hydrogen-bond acceptors (Lipinski definition) is 5. The van der Waals surface area contributed by atoms with Gasteiger partial charge in [0.05, 0.1) is 11.6 Å². The summed E-state index contributed by atoms with van der Waals surface area (Å²) >= 11 is 3.37. The second-order valence-corrected chi connectivity index (χ2v) is 8.08. The molecule has 150 valence electrons. The Hall–Kier alpha value is -2.74. The molecule has 2 aliphatic heterocycles. The lowest BCUT2D eigenvalue weighted by molar-refractivity contribution is -0.148. The van der Waals surface area contributed by atoms with E-state index in [1.807, 2.05) is 25.1 Å². The number of piperazine rings is 1. The van der Waals surface area contributed by atoms with Gasteiger partial charge >= 0.3 is 0 Å². The molecule has 2 aromatic rings. The van der Waals surface area contributed by atoms with Crippen LogP contribution in [0.4, 0.5) is 5.69 Å². The number of fused-ring (bicyclic) bond motifs is 1. The highest BCUT2D eigenvalue weighted by Crippen LogP contribution is 2.36. The topological polar surface area (TPSA) is 82.6 Å². The van der Waals surface area contributed by atoms with E-state index in [1.54, 1.807) is 34.2 Å². The van der Waals surface area contributed by atoms with Crippen LogP contribution >= 0.6 is 15.9 Å². The fraction of sp³-hybridized carbons (Fsp3) is 0.333. The van der Waals surface area contributed by atoms with Gasteiger partial charge in [0.2, 0.25) is 5.78 Å². The Morgan fingerprint density at radius 2 is 1.90 bits per heavy atom. The van der Waals surface area contributed by atoms with Gasteiger partial charge in [0.25, 0.3) is 11.8 Å². The van der Waals surface area contributed by atoms with Crippen LogP contribution in [-0.4, -0.2) is 64.6 Å². The van der Waals surface area contributed by atoms with E-state index < -0.39 is 17.6 Å². The number of benzene rings is 1. The smallest absolute Gasteiger partial charge is 0.291 e. The fourth-order valence-corrected chi connectivity index (χ4v) is 4.45. The molecule has 8 heteroatoms. The van der Waals surface area contributed by atoms with E-state index in [0.717, 1.165) is 11.3 Å². The van der Waals surface area contributed by atoms with Crippen LogP contribution in [0.5, 0.6) is 0 Å². The molecule has 2 amide bonds. The van der Waals surface area contributed by atoms with Crippen LogP contribution in [0.2, 0.25) is 0 Å². The van der Waals surface area contributed by atoms with Crippen molar-refractivity contribution in [1.29, 1.82) is 0 Å². The highest BCUT2D eigenvalue weighted by molar-refractivity contribution is 9.10. The van der Waals surface area contributed by atoms with E-state index in [-0.39, 0.29) is 11.9 Å². The molecule has 0 saturated carbocycles. The average molecular weight is 457 g/mol. The molecule has 0 aliphatic carbocycles. The molecule has 1 aromatic heterocycles. The zero-order chi connectivity index (χ0) is 20.5. The van der Waals surface area contributed by atoms with E-state index in [9.17, 15) is 14.4 Å². The molecule has 1 aromatic carbocycles. The van der Waals surface area contributed by atoms with Gasteiger partial charge in [0, 0.05) is 44.0 Å². The van der Waals surface area contributed by atoms with Crippen molar-refractivity contribution < 1.29 is 14.4 Å². The quantitative estimate of drug-likeness (QED) is 0.565. The minimum atomic E-state index is -0.520. The molecule has 0 radical (unpaired) electrons. The Labute approximate surface area is 177 Å². The standard InChI is InChI=1S/C21H21BrN4O3/c1-13-12-25(20(28)14-5-3-2-4-6-14)9-10-26(13)21(29)18(27)16-11-24-17-15(16)7-8-23-19(17)22/h2-8,13,16,24H,9-12H2,1H3/t13-,16?/m1/s1. The van der Waals surface area contributed by atoms with Gasteiger partial charge in [-0.2, -0.15) is 0 Å². The van der Waals surface area contributed by atoms with Crippen molar-refractivity contribution in [1.82, 2.24) is 14.8 Å². The summed E-state index contributed by atoms with van der Waals surface area (Å²) in [5, 5.41) is 3.15. The Kier molecular flexibility index (Phi) is 5.36. The van der Waals surface area contributed by atoms with Gasteiger partial charge in [-0.25, -0.2) is 4.98 Å². The summed E-state index contributed by atoms with van der Waals surface area (Å²) in [4.78, 5) is 46.1. The van der Waals surface area contributed by atoms with Crippen LogP contribution in [0, 0.1) is 0 Å². The number of nitrogens with one attached hydrogen (secondary N) is 1. The molecule has 4 rings (SSSR count). The third-order valence-electron chi connectivity index (χ3n) is 5.52. The van der Waals surface area contributed by atoms with E-state index in [0.29, 0.717) is 36.3 Å². The second kappa shape index (κ2) is 7.94. The summed E-state index contributed by atoms with van der Waals surface area (Å²) in [5.74, 6) is -1.49. The number of Topliss-reactive ketones (excluding diaryl/α,β-unsaturated/α-hetero) is 1. The highest BCUT2D eigenvalue weighted by atomic mass is 79.9. The maximum absolute atomic E-state index is 13.0. The van der Waals surface area contributed by atoms with Crippen LogP contribution in [0.3, 0.4) is 0 Å². The van der Waals surface area contributed by atoms with Crippen LogP contribution < -0.4 is 5.32 Å². The number of aromatic nitrogens is 1. The lowest BCUT2D eigenvalue weighted by atomic mass is 9.96. The zero-order valence-corrected chi connectivity index (χ0v) is 17.6. The number of rotatable bonds is 3. The summed E-state index contributed by atoms with van der Waals surface area (Å²) in [6, 6.07) is 10.6. The molecule has 0 bridgehead atoms. The van der Waals surface area contributed by atoms with Crippen molar-refractivity contribution in [3.63, 3.8) is 0 Å². The minimum Gasteiger partial charge on any atom is -0.382 e. The second-order valence-electron chi connectivity index (χ2n) is 7.33. The molecule has 1 N–H and O–H groups in total. The van der Waals surface area contributed by atoms with E-state index in [1.165, 1.54) is 0 Å². The van der Waals surface area contributed by atoms with Crippen molar-refractivity contribution >= 4 is 39.2 Å². The first-order valence-corrected chi connectivity index (χ1v) is 10.3. The largest absolute Gasteiger partial charge is 0.382 e. The summed E-state index contributed by atoms with van der Waals surface area (Å²) in [5.41, 5.74) is 2.18. The molecule has 2 atom stereocenters. The fourth-order valence-electron chi connectivity index (χ4n) is 3.96. The van der Waals surface area contributed by atoms with Crippen LogP contribution in [0.1, 0.15) is 28.8 Å². The predicted octanol–water partition coefficient (Wildman–Crippen LogP) is 2.30. The Morgan fingerprint density at radius 1 is 1.14 bits per heavy atom. The molecular formula is C21H21BrN4O3. The van der Waals surface area contributed by atoms with Crippen molar-refractivity contribution in [3.8, 4) is 0 Å². The number of nitrogens with zero attached hydrogens (tertiary/aromatic N) is 3. The predicted molar refractivity (Wildman–Crippen MR) is 112 cm³/mol. The van der Waals surface area contributed by atoms with E-state index in [4.69, 9.17) is 0 Å². The number of ketones is 1. The van der Waals surface area contributed by atoms with Gasteiger partial charge in [-0.15, -0.1) is 0 Å². The van der Waals surface area contributed by atoms with Gasteiger partial charge in [-0.3, -0.25) is 14.4 Å². The summed E-state index contributed by atoms with van der Waals surface area (Å²) in [6.07, 6.45) is 1.62. The van der Waals surface area contributed by atoms with Gasteiger partial charge in [0.1, 0.15) is 4.60 Å². The lowest BCUT2D eigenvalue weighted by Gasteiger charge is -2.39. The van der Waals surface area contributed by atoms with E-state index >= 15 is 0 Å². The van der Waals surface area contributed by atoms with Crippen molar-refractivity contribution in [3.05, 3.63) is 58.3 Å². The summed E-state index contributed by atoms with van der Waals surface area (Å²) in [7, 11) is 0. The van der Waals surface area contributed by atoms with Gasteiger partial charge in [-0.1, -0.05) is 18.2 Å². The third kappa shape index (κ3) is 3.64. The Morgan fingerprint density at radius 3 is 2.62 bits per heavy atom. The molecule has 1 unspecified atom stereocenters. The van der Waals surface area contributed by atoms with Crippen molar-refractivity contribution in [2.24, 2.45) is 0 Å². The molecular weight excluding hydrogens is 436 g/mol. The maximum atomic E-state index is 13.0. The highest BCUT2D eigenvalue weighted by Gasteiger charge is 2.39. The van der Waals surface area contributed by atoms with Gasteiger partial charge in [-0.05, 0) is 46.6 Å². The number of carbonyl (C=O) groups excluding carboxylic acids is 3. The van der Waals surface area contributed by atoms with Crippen LogP contribution in [0.25, 0.3) is 0 Å². The Bertz CT molecular complexity index is 966. The molecule has 0 spiro atoms. The first kappa shape index (κ1) is 19.6.